The van der Waals surface area contributed by atoms with Crippen LogP contribution in [0, 0.1) is 13.8 Å². The number of carbonyl (C=O) groups excluding carboxylic acids is 1. The fourth-order valence-electron chi connectivity index (χ4n) is 3.50. The van der Waals surface area contributed by atoms with E-state index in [4.69, 9.17) is 33.3 Å². The molecule has 0 spiro atoms. The van der Waals surface area contributed by atoms with Crippen molar-refractivity contribution in [2.75, 3.05) is 19.0 Å². The summed E-state index contributed by atoms with van der Waals surface area (Å²) in [6, 6.07) is 8.58. The molecule has 0 fully saturated rings. The van der Waals surface area contributed by atoms with Crippen molar-refractivity contribution in [3.05, 3.63) is 76.0 Å². The zero-order valence-corrected chi connectivity index (χ0v) is 20.0. The smallest absolute Gasteiger partial charge is 0.255 e. The number of ether oxygens (including phenoxy) is 2. The van der Waals surface area contributed by atoms with Crippen molar-refractivity contribution in [2.45, 2.75) is 26.8 Å². The summed E-state index contributed by atoms with van der Waals surface area (Å²) in [5, 5.41) is 10.0. The summed E-state index contributed by atoms with van der Waals surface area (Å²) >= 11 is 11.7. The lowest BCUT2D eigenvalue weighted by Crippen LogP contribution is -2.45. The molecule has 0 radical (unpaired) electrons. The summed E-state index contributed by atoms with van der Waals surface area (Å²) in [6.45, 7) is 9.80. The van der Waals surface area contributed by atoms with Gasteiger partial charge in [0.2, 0.25) is 0 Å². The monoisotopic (exact) mass is 471 g/mol. The number of allylic oxidation sites excluding steroid dienone is 1. The largest absolute Gasteiger partial charge is 0.493 e. The van der Waals surface area contributed by atoms with Gasteiger partial charge in [-0.15, -0.1) is 0 Å². The molecule has 1 aliphatic heterocycles. The average molecular weight is 472 g/mol. The molecule has 0 aliphatic carbocycles. The Morgan fingerprint density at radius 1 is 1.25 bits per heavy atom. The molecule has 1 heterocycles. The van der Waals surface area contributed by atoms with Gasteiger partial charge in [0.05, 0.1) is 18.7 Å². The molecular formula is C24H26ClN3O3S. The number of rotatable bonds is 7. The van der Waals surface area contributed by atoms with Gasteiger partial charge in [-0.3, -0.25) is 4.79 Å². The maximum atomic E-state index is 13.4. The Morgan fingerprint density at radius 3 is 2.66 bits per heavy atom. The summed E-state index contributed by atoms with van der Waals surface area (Å²) in [7, 11) is 1.53. The van der Waals surface area contributed by atoms with Gasteiger partial charge in [0.1, 0.15) is 6.61 Å². The lowest BCUT2D eigenvalue weighted by molar-refractivity contribution is -0.113. The van der Waals surface area contributed by atoms with Crippen LogP contribution in [0.1, 0.15) is 29.7 Å². The van der Waals surface area contributed by atoms with Crippen LogP contribution in [0.4, 0.5) is 5.69 Å². The van der Waals surface area contributed by atoms with Gasteiger partial charge in [0.15, 0.2) is 16.6 Å². The van der Waals surface area contributed by atoms with Crippen molar-refractivity contribution in [1.29, 1.82) is 0 Å². The zero-order valence-electron chi connectivity index (χ0n) is 18.5. The Balaban J connectivity index is 2.07. The highest BCUT2D eigenvalue weighted by atomic mass is 35.5. The van der Waals surface area contributed by atoms with E-state index in [0.717, 1.165) is 11.1 Å². The summed E-state index contributed by atoms with van der Waals surface area (Å²) in [6.07, 6.45) is 1.63. The van der Waals surface area contributed by atoms with Gasteiger partial charge in [-0.2, -0.15) is 0 Å². The van der Waals surface area contributed by atoms with Crippen LogP contribution in [-0.4, -0.2) is 24.7 Å². The predicted octanol–water partition coefficient (Wildman–Crippen LogP) is 4.96. The number of carbonyl (C=O) groups is 1. The van der Waals surface area contributed by atoms with Gasteiger partial charge in [0, 0.05) is 28.0 Å². The Bertz CT molecular complexity index is 1110. The number of thiocarbonyl (C=S) groups is 1. The third-order valence-corrected chi connectivity index (χ3v) is 5.64. The van der Waals surface area contributed by atoms with Gasteiger partial charge < -0.3 is 25.4 Å². The van der Waals surface area contributed by atoms with E-state index in [9.17, 15) is 4.79 Å². The molecule has 0 saturated heterocycles. The van der Waals surface area contributed by atoms with Crippen LogP contribution in [0.2, 0.25) is 5.02 Å². The fraction of sp³-hybridized carbons (Fsp3) is 0.250. The fourth-order valence-corrected chi connectivity index (χ4v) is 3.98. The van der Waals surface area contributed by atoms with E-state index in [1.54, 1.807) is 18.2 Å². The van der Waals surface area contributed by atoms with E-state index in [1.165, 1.54) is 7.11 Å². The van der Waals surface area contributed by atoms with E-state index in [1.807, 2.05) is 39.0 Å². The number of hydrogen-bond donors (Lipinski definition) is 3. The number of nitrogens with one attached hydrogen (secondary N) is 3. The highest BCUT2D eigenvalue weighted by Crippen LogP contribution is 2.41. The number of hydrogen-bond acceptors (Lipinski definition) is 4. The predicted molar refractivity (Wildman–Crippen MR) is 133 cm³/mol. The number of methoxy groups -OCH3 is 1. The number of amides is 1. The van der Waals surface area contributed by atoms with Crippen LogP contribution in [-0.2, 0) is 4.79 Å². The Labute approximate surface area is 198 Å². The van der Waals surface area contributed by atoms with Crippen molar-refractivity contribution >= 4 is 40.5 Å². The first-order valence-electron chi connectivity index (χ1n) is 10.0. The molecule has 0 saturated carbocycles. The second kappa shape index (κ2) is 10.1. The first-order chi connectivity index (χ1) is 15.2. The molecule has 1 aliphatic rings. The molecule has 0 aromatic heterocycles. The number of anilines is 1. The molecule has 2 aromatic rings. The molecular weight excluding hydrogens is 446 g/mol. The molecule has 3 rings (SSSR count). The molecule has 168 valence electrons. The molecule has 6 nitrogen and oxygen atoms in total. The van der Waals surface area contributed by atoms with Crippen molar-refractivity contribution in [3.8, 4) is 11.5 Å². The average Bonchev–Trinajstić information content (AvgIpc) is 2.74. The summed E-state index contributed by atoms with van der Waals surface area (Å²) in [5.41, 5.74) is 4.67. The van der Waals surface area contributed by atoms with Crippen LogP contribution >= 0.6 is 23.8 Å². The topological polar surface area (TPSA) is 71.6 Å². The maximum absolute atomic E-state index is 13.4. The third kappa shape index (κ3) is 5.06. The van der Waals surface area contributed by atoms with Crippen LogP contribution in [0.25, 0.3) is 0 Å². The standard InChI is InChI=1S/C24H26ClN3O3S/c1-6-9-31-22-18(11-16(25)12-19(22)30-5)21-20(15(4)26-24(32)28-21)23(29)27-17-8-7-13(2)14(3)10-17/h6-8,10-12,21H,1,9H2,2-5H3,(H,27,29)(H2,26,28,32)/t21-/m1/s1. The van der Waals surface area contributed by atoms with E-state index >= 15 is 0 Å². The van der Waals surface area contributed by atoms with E-state index in [0.29, 0.717) is 44.2 Å². The van der Waals surface area contributed by atoms with Crippen molar-refractivity contribution in [1.82, 2.24) is 10.6 Å². The number of aryl methyl sites for hydroxylation is 2. The quantitative estimate of drug-likeness (QED) is 0.391. The van der Waals surface area contributed by atoms with Crippen molar-refractivity contribution in [2.24, 2.45) is 0 Å². The van der Waals surface area contributed by atoms with Gasteiger partial charge in [-0.05, 0) is 62.3 Å². The van der Waals surface area contributed by atoms with Gasteiger partial charge in [-0.25, -0.2) is 0 Å². The van der Waals surface area contributed by atoms with Crippen LogP contribution < -0.4 is 25.4 Å². The van der Waals surface area contributed by atoms with E-state index < -0.39 is 6.04 Å². The zero-order chi connectivity index (χ0) is 23.4. The first-order valence-corrected chi connectivity index (χ1v) is 10.8. The second-order valence-electron chi connectivity index (χ2n) is 7.45. The van der Waals surface area contributed by atoms with Gasteiger partial charge in [0.25, 0.3) is 5.91 Å². The summed E-state index contributed by atoms with van der Waals surface area (Å²) in [5.74, 6) is 0.641. The number of halogens is 1. The lowest BCUT2D eigenvalue weighted by Gasteiger charge is -2.31. The van der Waals surface area contributed by atoms with Gasteiger partial charge in [-0.1, -0.05) is 30.3 Å². The van der Waals surface area contributed by atoms with Crippen LogP contribution in [0.3, 0.4) is 0 Å². The van der Waals surface area contributed by atoms with Crippen LogP contribution in [0.5, 0.6) is 11.5 Å². The second-order valence-corrected chi connectivity index (χ2v) is 8.29. The summed E-state index contributed by atoms with van der Waals surface area (Å²) in [4.78, 5) is 13.4. The minimum absolute atomic E-state index is 0.257. The van der Waals surface area contributed by atoms with E-state index in [-0.39, 0.29) is 12.5 Å². The third-order valence-electron chi connectivity index (χ3n) is 5.20. The molecule has 0 unspecified atom stereocenters. The Kier molecular flexibility index (Phi) is 7.43. The normalized spacial score (nSPS) is 15.5. The minimum Gasteiger partial charge on any atom is -0.493 e. The van der Waals surface area contributed by atoms with Gasteiger partial charge >= 0.3 is 0 Å². The number of benzene rings is 2. The minimum atomic E-state index is -0.609. The SMILES string of the molecule is C=CCOc1c(OC)cc(Cl)cc1[C@H]1NC(=S)NC(C)=C1C(=O)Nc1ccc(C)c(C)c1. The van der Waals surface area contributed by atoms with E-state index in [2.05, 4.69) is 22.5 Å². The van der Waals surface area contributed by atoms with Crippen molar-refractivity contribution in [3.63, 3.8) is 0 Å². The highest BCUT2D eigenvalue weighted by Gasteiger charge is 2.33. The van der Waals surface area contributed by atoms with Crippen molar-refractivity contribution < 1.29 is 14.3 Å². The molecule has 1 amide bonds. The first kappa shape index (κ1) is 23.6. The molecule has 32 heavy (non-hydrogen) atoms. The highest BCUT2D eigenvalue weighted by molar-refractivity contribution is 7.80. The Morgan fingerprint density at radius 2 is 2.00 bits per heavy atom. The maximum Gasteiger partial charge on any atom is 0.255 e. The van der Waals surface area contributed by atoms with Crippen LogP contribution in [0.15, 0.2) is 54.3 Å². The molecule has 2 aromatic carbocycles. The lowest BCUT2D eigenvalue weighted by atomic mass is 9.93. The Hall–Kier alpha value is -3.03. The molecule has 0 bridgehead atoms. The molecule has 8 heteroatoms. The molecule has 3 N–H and O–H groups in total. The summed E-state index contributed by atoms with van der Waals surface area (Å²) < 4.78 is 11.4. The molecule has 1 atom stereocenters.